The molecule has 2 N–H and O–H groups in total. The molecule has 0 amide bonds. The number of carboxylic acid groups (broad SMARTS) is 2. The molecular weight excluding hydrogens is 544 g/mol. The second-order valence-electron chi connectivity index (χ2n) is 7.97. The number of carboxylic acids is 2. The van der Waals surface area contributed by atoms with Crippen molar-refractivity contribution < 1.29 is 55.3 Å². The van der Waals surface area contributed by atoms with E-state index in [-0.39, 0.29) is 5.92 Å². The number of aromatic nitrogens is 4. The van der Waals surface area contributed by atoms with E-state index in [1.54, 1.807) is 12.5 Å². The molecule has 17 heteroatoms. The number of alkyl halides is 6. The van der Waals surface area contributed by atoms with Crippen LogP contribution in [0.1, 0.15) is 28.6 Å². The summed E-state index contributed by atoms with van der Waals surface area (Å²) >= 11 is 0. The number of ether oxygens (including phenoxy) is 1. The van der Waals surface area contributed by atoms with E-state index in [9.17, 15) is 26.3 Å². The van der Waals surface area contributed by atoms with Crippen molar-refractivity contribution in [2.24, 2.45) is 7.05 Å². The van der Waals surface area contributed by atoms with Crippen LogP contribution in [0, 0.1) is 0 Å². The van der Waals surface area contributed by atoms with Crippen LogP contribution in [0.2, 0.25) is 0 Å². The summed E-state index contributed by atoms with van der Waals surface area (Å²) < 4.78 is 76.8. The van der Waals surface area contributed by atoms with Gasteiger partial charge in [0.2, 0.25) is 0 Å². The SMILES string of the molecule is Cn1nnc2c1C(COCc1cccnc1)CN(Cc1ccco1)C2.O=C(O)C(F)(F)F.O=C(O)C(F)(F)F. The summed E-state index contributed by atoms with van der Waals surface area (Å²) in [6, 6.07) is 7.86. The fourth-order valence-corrected chi connectivity index (χ4v) is 3.37. The first-order valence-corrected chi connectivity index (χ1v) is 10.9. The predicted molar refractivity (Wildman–Crippen MR) is 118 cm³/mol. The summed E-state index contributed by atoms with van der Waals surface area (Å²) in [5, 5.41) is 22.8. The number of nitrogens with zero attached hydrogens (tertiary/aromatic N) is 5. The Kier molecular flexibility index (Phi) is 11.0. The monoisotopic (exact) mass is 567 g/mol. The van der Waals surface area contributed by atoms with Crippen molar-refractivity contribution in [3.8, 4) is 0 Å². The summed E-state index contributed by atoms with van der Waals surface area (Å²) in [5.74, 6) is -4.32. The third-order valence-corrected chi connectivity index (χ3v) is 4.94. The van der Waals surface area contributed by atoms with E-state index in [1.807, 2.05) is 42.2 Å². The van der Waals surface area contributed by atoms with Crippen LogP contribution < -0.4 is 0 Å². The topological polar surface area (TPSA) is 144 Å². The number of furan rings is 1. The van der Waals surface area contributed by atoms with Crippen molar-refractivity contribution in [3.05, 3.63) is 65.6 Å². The van der Waals surface area contributed by atoms with Gasteiger partial charge in [0.25, 0.3) is 0 Å². The minimum absolute atomic E-state index is 0.232. The van der Waals surface area contributed by atoms with Crippen LogP contribution in [0.15, 0.2) is 47.3 Å². The Morgan fingerprint density at radius 3 is 2.26 bits per heavy atom. The number of aliphatic carboxylic acids is 2. The van der Waals surface area contributed by atoms with Gasteiger partial charge in [-0.15, -0.1) is 5.10 Å². The highest BCUT2D eigenvalue weighted by molar-refractivity contribution is 5.73. The van der Waals surface area contributed by atoms with Gasteiger partial charge in [-0.2, -0.15) is 26.3 Å². The first kappa shape index (κ1) is 31.2. The molecule has 0 spiro atoms. The standard InChI is InChI=1S/C18H21N5O2.2C2HF3O2/c1-22-18-15(13-24-12-14-4-2-6-19-8-14)9-23(11-17(18)20-21-22)10-16-5-3-7-25-16;2*3-2(4,5)1(6)7/h2-8,15H,9-13H2,1H3;2*(H,6,7). The van der Waals surface area contributed by atoms with Gasteiger partial charge in [-0.3, -0.25) is 14.6 Å². The van der Waals surface area contributed by atoms with Crippen LogP contribution in [0.4, 0.5) is 26.3 Å². The Labute approximate surface area is 216 Å². The van der Waals surface area contributed by atoms with Gasteiger partial charge in [-0.05, 0) is 23.8 Å². The minimum Gasteiger partial charge on any atom is -0.475 e. The highest BCUT2D eigenvalue weighted by Crippen LogP contribution is 2.28. The van der Waals surface area contributed by atoms with Crippen LogP contribution in [-0.2, 0) is 41.1 Å². The van der Waals surface area contributed by atoms with E-state index in [4.69, 9.17) is 29.0 Å². The molecule has 11 nitrogen and oxygen atoms in total. The number of halogens is 6. The van der Waals surface area contributed by atoms with E-state index in [0.29, 0.717) is 13.2 Å². The number of aryl methyl sites for hydroxylation is 1. The molecule has 0 saturated carbocycles. The van der Waals surface area contributed by atoms with Crippen LogP contribution >= 0.6 is 0 Å². The zero-order valence-corrected chi connectivity index (χ0v) is 20.2. The van der Waals surface area contributed by atoms with Gasteiger partial charge in [0.05, 0.1) is 31.7 Å². The number of hydrogen-bond acceptors (Lipinski definition) is 8. The van der Waals surface area contributed by atoms with Gasteiger partial charge >= 0.3 is 24.3 Å². The van der Waals surface area contributed by atoms with Crippen molar-refractivity contribution in [1.29, 1.82) is 0 Å². The Morgan fingerprint density at radius 2 is 1.74 bits per heavy atom. The zero-order valence-electron chi connectivity index (χ0n) is 20.2. The van der Waals surface area contributed by atoms with Crippen molar-refractivity contribution >= 4 is 11.9 Å². The Balaban J connectivity index is 0.000000317. The average molecular weight is 567 g/mol. The summed E-state index contributed by atoms with van der Waals surface area (Å²) in [4.78, 5) is 24.2. The van der Waals surface area contributed by atoms with Gasteiger partial charge in [-0.25, -0.2) is 9.59 Å². The number of hydrogen-bond donors (Lipinski definition) is 2. The van der Waals surface area contributed by atoms with E-state index in [2.05, 4.69) is 20.2 Å². The highest BCUT2D eigenvalue weighted by Gasteiger charge is 2.39. The molecule has 3 aromatic rings. The molecular formula is C22H23F6N5O6. The minimum atomic E-state index is -5.08. The van der Waals surface area contributed by atoms with Crippen molar-refractivity contribution in [3.63, 3.8) is 0 Å². The van der Waals surface area contributed by atoms with Gasteiger partial charge in [0.15, 0.2) is 0 Å². The molecule has 1 aliphatic heterocycles. The molecule has 214 valence electrons. The van der Waals surface area contributed by atoms with Crippen LogP contribution in [0.3, 0.4) is 0 Å². The molecule has 0 bridgehead atoms. The molecule has 0 radical (unpaired) electrons. The Bertz CT molecular complexity index is 1160. The number of pyridine rings is 1. The molecule has 0 aromatic carbocycles. The van der Waals surface area contributed by atoms with E-state index in [0.717, 1.165) is 36.7 Å². The first-order chi connectivity index (χ1) is 18.2. The van der Waals surface area contributed by atoms with Gasteiger partial charge < -0.3 is 19.4 Å². The molecule has 4 heterocycles. The summed E-state index contributed by atoms with van der Waals surface area (Å²) in [6.07, 6.45) is -4.85. The lowest BCUT2D eigenvalue weighted by Crippen LogP contribution is -2.35. The highest BCUT2D eigenvalue weighted by atomic mass is 19.4. The van der Waals surface area contributed by atoms with Crippen LogP contribution in [0.25, 0.3) is 0 Å². The van der Waals surface area contributed by atoms with Crippen molar-refractivity contribution in [1.82, 2.24) is 24.9 Å². The molecule has 4 rings (SSSR count). The number of carbonyl (C=O) groups is 2. The molecule has 1 unspecified atom stereocenters. The van der Waals surface area contributed by atoms with Crippen LogP contribution in [0.5, 0.6) is 0 Å². The van der Waals surface area contributed by atoms with E-state index in [1.165, 1.54) is 5.69 Å². The molecule has 1 atom stereocenters. The van der Waals surface area contributed by atoms with E-state index < -0.39 is 24.3 Å². The first-order valence-electron chi connectivity index (χ1n) is 10.9. The maximum absolute atomic E-state index is 10.6. The molecule has 1 aliphatic rings. The summed E-state index contributed by atoms with van der Waals surface area (Å²) in [6.45, 7) is 3.62. The van der Waals surface area contributed by atoms with Gasteiger partial charge in [0, 0.05) is 38.4 Å². The summed E-state index contributed by atoms with van der Waals surface area (Å²) in [7, 11) is 1.95. The lowest BCUT2D eigenvalue weighted by Gasteiger charge is -2.31. The molecule has 39 heavy (non-hydrogen) atoms. The molecule has 0 saturated heterocycles. The fraction of sp³-hybridized carbons (Fsp3) is 0.409. The van der Waals surface area contributed by atoms with E-state index >= 15 is 0 Å². The zero-order chi connectivity index (χ0) is 29.2. The number of fused-ring (bicyclic) bond motifs is 1. The second-order valence-corrected chi connectivity index (χ2v) is 7.97. The average Bonchev–Trinajstić information content (AvgIpc) is 3.49. The molecule has 0 fully saturated rings. The van der Waals surface area contributed by atoms with Crippen LogP contribution in [-0.4, -0.2) is 72.5 Å². The van der Waals surface area contributed by atoms with Gasteiger partial charge in [0.1, 0.15) is 11.5 Å². The second kappa shape index (κ2) is 13.7. The maximum atomic E-state index is 10.6. The third kappa shape index (κ3) is 10.4. The van der Waals surface area contributed by atoms with Crippen molar-refractivity contribution in [2.75, 3.05) is 13.2 Å². The lowest BCUT2D eigenvalue weighted by atomic mass is 9.99. The smallest absolute Gasteiger partial charge is 0.475 e. The Morgan fingerprint density at radius 1 is 1.10 bits per heavy atom. The normalized spacial score (nSPS) is 15.3. The largest absolute Gasteiger partial charge is 0.490 e. The maximum Gasteiger partial charge on any atom is 0.490 e. The number of rotatable bonds is 6. The lowest BCUT2D eigenvalue weighted by molar-refractivity contribution is -0.193. The summed E-state index contributed by atoms with van der Waals surface area (Å²) in [5.41, 5.74) is 3.27. The molecule has 3 aromatic heterocycles. The third-order valence-electron chi connectivity index (χ3n) is 4.94. The van der Waals surface area contributed by atoms with Gasteiger partial charge in [-0.1, -0.05) is 11.3 Å². The predicted octanol–water partition coefficient (Wildman–Crippen LogP) is 3.39. The van der Waals surface area contributed by atoms with Crippen molar-refractivity contribution in [2.45, 2.75) is 38.0 Å². The fourth-order valence-electron chi connectivity index (χ4n) is 3.37. The molecule has 0 aliphatic carbocycles. The quantitative estimate of drug-likeness (QED) is 0.426. The Hall–Kier alpha value is -3.99.